The van der Waals surface area contributed by atoms with Crippen molar-refractivity contribution in [2.45, 2.75) is 40.0 Å². The first-order chi connectivity index (χ1) is 15.7. The zero-order valence-corrected chi connectivity index (χ0v) is 19.3. The van der Waals surface area contributed by atoms with Crippen LogP contribution in [0.1, 0.15) is 37.4 Å². The van der Waals surface area contributed by atoms with Gasteiger partial charge < -0.3 is 24.4 Å². The van der Waals surface area contributed by atoms with E-state index < -0.39 is 5.97 Å². The SMILES string of the molecule is CC(=O)O.COc1ccc(-n2c(C)c([N+](=O)[O-])c3c(C)cc(O)c(N4CCCCC4)c32)cc1. The summed E-state index contributed by atoms with van der Waals surface area (Å²) in [7, 11) is 1.60. The predicted molar refractivity (Wildman–Crippen MR) is 127 cm³/mol. The third kappa shape index (κ3) is 4.72. The van der Waals surface area contributed by atoms with Gasteiger partial charge in [0.05, 0.1) is 28.6 Å². The number of carboxylic acid groups (broad SMARTS) is 1. The van der Waals surface area contributed by atoms with Crippen LogP contribution in [0.2, 0.25) is 0 Å². The molecule has 33 heavy (non-hydrogen) atoms. The highest BCUT2D eigenvalue weighted by Gasteiger charge is 2.31. The third-order valence-corrected chi connectivity index (χ3v) is 5.78. The maximum atomic E-state index is 12.0. The number of benzene rings is 2. The van der Waals surface area contributed by atoms with Gasteiger partial charge in [0.2, 0.25) is 0 Å². The Balaban J connectivity index is 0.000000709. The van der Waals surface area contributed by atoms with Crippen LogP contribution in [0.4, 0.5) is 11.4 Å². The molecule has 0 saturated carbocycles. The highest BCUT2D eigenvalue weighted by atomic mass is 16.6. The number of rotatable bonds is 4. The van der Waals surface area contributed by atoms with E-state index >= 15 is 0 Å². The molecule has 1 aliphatic heterocycles. The molecule has 2 heterocycles. The lowest BCUT2D eigenvalue weighted by atomic mass is 10.0. The highest BCUT2D eigenvalue weighted by Crippen LogP contribution is 2.46. The number of carboxylic acids is 1. The summed E-state index contributed by atoms with van der Waals surface area (Å²) in [5, 5.41) is 30.9. The minimum absolute atomic E-state index is 0.0894. The summed E-state index contributed by atoms with van der Waals surface area (Å²) in [6.45, 7) is 6.31. The van der Waals surface area contributed by atoms with Crippen LogP contribution in [0.3, 0.4) is 0 Å². The van der Waals surface area contributed by atoms with Gasteiger partial charge in [-0.1, -0.05) is 0 Å². The normalized spacial score (nSPS) is 13.4. The van der Waals surface area contributed by atoms with Gasteiger partial charge in [-0.05, 0) is 69.0 Å². The van der Waals surface area contributed by atoms with Gasteiger partial charge in [0, 0.05) is 25.7 Å². The number of aliphatic carboxylic acids is 1. The van der Waals surface area contributed by atoms with Gasteiger partial charge in [-0.25, -0.2) is 0 Å². The molecule has 2 N–H and O–H groups in total. The number of aryl methyl sites for hydroxylation is 1. The van der Waals surface area contributed by atoms with E-state index in [1.54, 1.807) is 20.1 Å². The lowest BCUT2D eigenvalue weighted by Gasteiger charge is -2.30. The van der Waals surface area contributed by atoms with E-state index in [0.717, 1.165) is 45.0 Å². The van der Waals surface area contributed by atoms with Gasteiger partial charge in [-0.15, -0.1) is 0 Å². The van der Waals surface area contributed by atoms with Crippen molar-refractivity contribution in [1.82, 2.24) is 4.57 Å². The molecule has 0 amide bonds. The van der Waals surface area contributed by atoms with Crippen LogP contribution >= 0.6 is 0 Å². The summed E-state index contributed by atoms with van der Waals surface area (Å²) in [5.41, 5.74) is 3.50. The number of nitro groups is 1. The van der Waals surface area contributed by atoms with Crippen LogP contribution in [-0.2, 0) is 4.79 Å². The Kier molecular flexibility index (Phi) is 7.10. The minimum atomic E-state index is -0.833. The number of anilines is 1. The number of nitrogens with zero attached hydrogens (tertiary/aromatic N) is 3. The Morgan fingerprint density at radius 2 is 1.70 bits per heavy atom. The smallest absolute Gasteiger partial charge is 0.300 e. The quantitative estimate of drug-likeness (QED) is 0.422. The van der Waals surface area contributed by atoms with E-state index in [1.807, 2.05) is 35.8 Å². The molecule has 0 atom stereocenters. The molecule has 1 saturated heterocycles. The lowest BCUT2D eigenvalue weighted by molar-refractivity contribution is -0.383. The minimum Gasteiger partial charge on any atom is -0.506 e. The van der Waals surface area contributed by atoms with Gasteiger partial charge in [0.1, 0.15) is 17.2 Å². The van der Waals surface area contributed by atoms with Crippen molar-refractivity contribution < 1.29 is 24.7 Å². The summed E-state index contributed by atoms with van der Waals surface area (Å²) in [4.78, 5) is 22.8. The first-order valence-electron chi connectivity index (χ1n) is 10.8. The van der Waals surface area contributed by atoms with Gasteiger partial charge >= 0.3 is 0 Å². The molecule has 3 aromatic rings. The van der Waals surface area contributed by atoms with Crippen molar-refractivity contribution in [2.24, 2.45) is 0 Å². The van der Waals surface area contributed by atoms with E-state index in [2.05, 4.69) is 4.90 Å². The number of piperidine rings is 1. The molecule has 0 unspecified atom stereocenters. The van der Waals surface area contributed by atoms with Crippen molar-refractivity contribution in [3.8, 4) is 17.2 Å². The number of fused-ring (bicyclic) bond motifs is 1. The Morgan fingerprint density at radius 1 is 1.12 bits per heavy atom. The van der Waals surface area contributed by atoms with E-state index in [9.17, 15) is 15.2 Å². The first kappa shape index (κ1) is 23.9. The summed E-state index contributed by atoms with van der Waals surface area (Å²) in [6.07, 6.45) is 3.24. The molecule has 1 aromatic heterocycles. The van der Waals surface area contributed by atoms with E-state index in [-0.39, 0.29) is 16.4 Å². The number of phenolic OH excluding ortho intramolecular Hbond substituents is 1. The highest BCUT2D eigenvalue weighted by molar-refractivity contribution is 6.05. The maximum absolute atomic E-state index is 12.0. The van der Waals surface area contributed by atoms with E-state index in [1.165, 1.54) is 0 Å². The Hall–Kier alpha value is -3.75. The third-order valence-electron chi connectivity index (χ3n) is 5.78. The molecule has 4 rings (SSSR count). The topological polar surface area (TPSA) is 118 Å². The summed E-state index contributed by atoms with van der Waals surface area (Å²) in [6, 6.07) is 9.09. The average Bonchev–Trinajstić information content (AvgIpc) is 3.07. The molecular weight excluding hydrogens is 426 g/mol. The number of phenols is 1. The Labute approximate surface area is 192 Å². The van der Waals surface area contributed by atoms with Crippen LogP contribution in [0.25, 0.3) is 16.6 Å². The van der Waals surface area contributed by atoms with Crippen molar-refractivity contribution >= 4 is 28.2 Å². The molecule has 1 fully saturated rings. The molecule has 1 aliphatic rings. The summed E-state index contributed by atoms with van der Waals surface area (Å²) >= 11 is 0. The molecule has 9 heteroatoms. The number of hydrogen-bond donors (Lipinski definition) is 2. The van der Waals surface area contributed by atoms with Crippen LogP contribution in [0.15, 0.2) is 30.3 Å². The fourth-order valence-corrected chi connectivity index (χ4v) is 4.45. The number of carbonyl (C=O) groups is 1. The lowest BCUT2D eigenvalue weighted by Crippen LogP contribution is -2.30. The second-order valence-electron chi connectivity index (χ2n) is 8.08. The summed E-state index contributed by atoms with van der Waals surface area (Å²) in [5.74, 6) is 0.0479. The van der Waals surface area contributed by atoms with Gasteiger partial charge in [-0.2, -0.15) is 0 Å². The van der Waals surface area contributed by atoms with E-state index in [0.29, 0.717) is 33.6 Å². The second kappa shape index (κ2) is 9.81. The van der Waals surface area contributed by atoms with Crippen molar-refractivity contribution in [3.05, 3.63) is 51.7 Å². The van der Waals surface area contributed by atoms with Gasteiger partial charge in [0.15, 0.2) is 0 Å². The Bertz CT molecular complexity index is 1170. The number of methoxy groups -OCH3 is 1. The van der Waals surface area contributed by atoms with Crippen LogP contribution in [-0.4, -0.2) is 45.9 Å². The van der Waals surface area contributed by atoms with Gasteiger partial charge in [0.25, 0.3) is 11.7 Å². The van der Waals surface area contributed by atoms with Crippen molar-refractivity contribution in [1.29, 1.82) is 0 Å². The standard InChI is InChI=1S/C22H25N3O4.C2H4O2/c1-14-13-18(26)21(23-11-5-4-6-12-23)22-19(14)20(25(27)28)15(2)24(22)16-7-9-17(29-3)10-8-16;1-2(3)4/h7-10,13,26H,4-6,11-12H2,1-3H3;1H3,(H,3,4). The first-order valence-corrected chi connectivity index (χ1v) is 10.8. The summed E-state index contributed by atoms with van der Waals surface area (Å²) < 4.78 is 7.15. The second-order valence-corrected chi connectivity index (χ2v) is 8.08. The molecule has 0 spiro atoms. The van der Waals surface area contributed by atoms with Crippen molar-refractivity contribution in [2.75, 3.05) is 25.1 Å². The molecule has 9 nitrogen and oxygen atoms in total. The van der Waals surface area contributed by atoms with Crippen LogP contribution in [0, 0.1) is 24.0 Å². The number of ether oxygens (including phenoxy) is 1. The molecule has 0 radical (unpaired) electrons. The molecule has 0 aliphatic carbocycles. The fourth-order valence-electron chi connectivity index (χ4n) is 4.45. The molecular formula is C24H29N3O6. The maximum Gasteiger partial charge on any atom is 0.300 e. The van der Waals surface area contributed by atoms with Crippen LogP contribution in [0.5, 0.6) is 11.5 Å². The van der Waals surface area contributed by atoms with E-state index in [4.69, 9.17) is 14.6 Å². The fraction of sp³-hybridized carbons (Fsp3) is 0.375. The van der Waals surface area contributed by atoms with Crippen molar-refractivity contribution in [3.63, 3.8) is 0 Å². The molecule has 2 aromatic carbocycles. The largest absolute Gasteiger partial charge is 0.506 e. The monoisotopic (exact) mass is 455 g/mol. The zero-order chi connectivity index (χ0) is 24.3. The molecule has 176 valence electrons. The zero-order valence-electron chi connectivity index (χ0n) is 19.3. The number of aromatic hydroxyl groups is 1. The Morgan fingerprint density at radius 3 is 2.21 bits per heavy atom. The predicted octanol–water partition coefficient (Wildman–Crippen LogP) is 4.95. The molecule has 0 bridgehead atoms. The average molecular weight is 456 g/mol. The number of aromatic nitrogens is 1. The number of hydrogen-bond acceptors (Lipinski definition) is 6. The van der Waals surface area contributed by atoms with Crippen LogP contribution < -0.4 is 9.64 Å². The van der Waals surface area contributed by atoms with Gasteiger partial charge in [-0.3, -0.25) is 14.9 Å².